The lowest BCUT2D eigenvalue weighted by atomic mass is 9.77. The predicted molar refractivity (Wildman–Crippen MR) is 92.1 cm³/mol. The van der Waals surface area contributed by atoms with Gasteiger partial charge in [-0.15, -0.1) is 12.4 Å². The SMILES string of the molecule is C[C@H]1C[C@@H](C(=O)NC(c2ccc(F)cc2)C2CCC2)CCN1.Cl. The van der Waals surface area contributed by atoms with E-state index in [0.717, 1.165) is 37.8 Å². The highest BCUT2D eigenvalue weighted by molar-refractivity contribution is 5.85. The maximum absolute atomic E-state index is 13.1. The van der Waals surface area contributed by atoms with Gasteiger partial charge in [0.2, 0.25) is 5.91 Å². The molecule has 1 unspecified atom stereocenters. The average Bonchev–Trinajstić information content (AvgIpc) is 2.45. The monoisotopic (exact) mass is 340 g/mol. The molecule has 2 fully saturated rings. The predicted octanol–water partition coefficient (Wildman–Crippen LogP) is 3.59. The normalized spacial score (nSPS) is 25.8. The maximum atomic E-state index is 13.1. The van der Waals surface area contributed by atoms with Crippen LogP contribution in [-0.4, -0.2) is 18.5 Å². The van der Waals surface area contributed by atoms with Crippen LogP contribution in [0.3, 0.4) is 0 Å². The fourth-order valence-corrected chi connectivity index (χ4v) is 3.56. The summed E-state index contributed by atoms with van der Waals surface area (Å²) in [5, 5.41) is 6.64. The average molecular weight is 341 g/mol. The molecule has 1 aliphatic carbocycles. The molecule has 3 rings (SSSR count). The van der Waals surface area contributed by atoms with Crippen LogP contribution in [0.4, 0.5) is 4.39 Å². The number of rotatable bonds is 4. The molecule has 2 aliphatic rings. The topological polar surface area (TPSA) is 41.1 Å². The number of halogens is 2. The molecule has 1 saturated heterocycles. The first-order valence-corrected chi connectivity index (χ1v) is 8.42. The van der Waals surface area contributed by atoms with Crippen molar-refractivity contribution in [2.45, 2.75) is 51.1 Å². The molecular weight excluding hydrogens is 315 g/mol. The highest BCUT2D eigenvalue weighted by Crippen LogP contribution is 2.38. The van der Waals surface area contributed by atoms with E-state index in [2.05, 4.69) is 17.6 Å². The number of carbonyl (C=O) groups is 1. The van der Waals surface area contributed by atoms with Crippen LogP contribution in [0.15, 0.2) is 24.3 Å². The van der Waals surface area contributed by atoms with Crippen LogP contribution in [0.1, 0.15) is 50.6 Å². The number of nitrogens with one attached hydrogen (secondary N) is 2. The first kappa shape index (κ1) is 18.2. The lowest BCUT2D eigenvalue weighted by Crippen LogP contribution is -2.45. The molecule has 5 heteroatoms. The first-order valence-electron chi connectivity index (χ1n) is 8.42. The molecule has 0 radical (unpaired) electrons. The van der Waals surface area contributed by atoms with E-state index in [0.29, 0.717) is 12.0 Å². The summed E-state index contributed by atoms with van der Waals surface area (Å²) in [6, 6.07) is 7.02. The van der Waals surface area contributed by atoms with Crippen molar-refractivity contribution in [1.29, 1.82) is 0 Å². The second kappa shape index (κ2) is 8.11. The molecule has 128 valence electrons. The lowest BCUT2D eigenvalue weighted by Gasteiger charge is -2.36. The second-order valence-corrected chi connectivity index (χ2v) is 6.81. The third-order valence-corrected chi connectivity index (χ3v) is 5.14. The molecule has 1 amide bonds. The van der Waals surface area contributed by atoms with Gasteiger partial charge in [-0.25, -0.2) is 4.39 Å². The molecule has 0 bridgehead atoms. The van der Waals surface area contributed by atoms with E-state index in [4.69, 9.17) is 0 Å². The summed E-state index contributed by atoms with van der Waals surface area (Å²) >= 11 is 0. The van der Waals surface area contributed by atoms with E-state index in [9.17, 15) is 9.18 Å². The van der Waals surface area contributed by atoms with E-state index < -0.39 is 0 Å². The Labute approximate surface area is 143 Å². The summed E-state index contributed by atoms with van der Waals surface area (Å²) in [4.78, 5) is 12.6. The van der Waals surface area contributed by atoms with Gasteiger partial charge in [0.05, 0.1) is 6.04 Å². The quantitative estimate of drug-likeness (QED) is 0.879. The van der Waals surface area contributed by atoms with Crippen LogP contribution < -0.4 is 10.6 Å². The summed E-state index contributed by atoms with van der Waals surface area (Å²) < 4.78 is 13.1. The van der Waals surface area contributed by atoms with Gasteiger partial charge >= 0.3 is 0 Å². The number of amides is 1. The van der Waals surface area contributed by atoms with Gasteiger partial charge in [0.15, 0.2) is 0 Å². The molecule has 23 heavy (non-hydrogen) atoms. The Morgan fingerprint density at radius 2 is 1.96 bits per heavy atom. The Kier molecular flexibility index (Phi) is 6.42. The van der Waals surface area contributed by atoms with Crippen molar-refractivity contribution in [1.82, 2.24) is 10.6 Å². The molecule has 3 atom stereocenters. The molecule has 0 aromatic heterocycles. The minimum atomic E-state index is -0.227. The van der Waals surface area contributed by atoms with Gasteiger partial charge in [-0.1, -0.05) is 18.6 Å². The van der Waals surface area contributed by atoms with Crippen molar-refractivity contribution >= 4 is 18.3 Å². The van der Waals surface area contributed by atoms with Crippen LogP contribution in [0.5, 0.6) is 0 Å². The number of carbonyl (C=O) groups excluding carboxylic acids is 1. The lowest BCUT2D eigenvalue weighted by molar-refractivity contribution is -0.127. The summed E-state index contributed by atoms with van der Waals surface area (Å²) in [6.45, 7) is 3.03. The van der Waals surface area contributed by atoms with Crippen LogP contribution >= 0.6 is 12.4 Å². The zero-order valence-corrected chi connectivity index (χ0v) is 14.4. The van der Waals surface area contributed by atoms with Gasteiger partial charge in [0.25, 0.3) is 0 Å². The molecule has 3 nitrogen and oxygen atoms in total. The molecule has 1 aromatic rings. The van der Waals surface area contributed by atoms with E-state index in [1.54, 1.807) is 0 Å². The van der Waals surface area contributed by atoms with Gasteiger partial charge in [-0.2, -0.15) is 0 Å². The highest BCUT2D eigenvalue weighted by Gasteiger charge is 2.32. The van der Waals surface area contributed by atoms with Gasteiger partial charge in [0, 0.05) is 12.0 Å². The second-order valence-electron chi connectivity index (χ2n) is 6.81. The molecular formula is C18H26ClFN2O. The van der Waals surface area contributed by atoms with Crippen LogP contribution in [0.2, 0.25) is 0 Å². The zero-order chi connectivity index (χ0) is 15.5. The minimum absolute atomic E-state index is 0. The van der Waals surface area contributed by atoms with Gasteiger partial charge in [0.1, 0.15) is 5.82 Å². The van der Waals surface area contributed by atoms with Crippen molar-refractivity contribution in [2.75, 3.05) is 6.54 Å². The van der Waals surface area contributed by atoms with Crippen molar-refractivity contribution in [3.8, 4) is 0 Å². The van der Waals surface area contributed by atoms with Crippen LogP contribution in [0.25, 0.3) is 0 Å². The van der Waals surface area contributed by atoms with Crippen molar-refractivity contribution in [3.63, 3.8) is 0 Å². The molecule has 0 spiro atoms. The first-order chi connectivity index (χ1) is 10.6. The minimum Gasteiger partial charge on any atom is -0.349 e. The number of benzene rings is 1. The fourth-order valence-electron chi connectivity index (χ4n) is 3.56. The molecule has 2 N–H and O–H groups in total. The zero-order valence-electron chi connectivity index (χ0n) is 13.6. The van der Waals surface area contributed by atoms with Crippen LogP contribution in [0, 0.1) is 17.7 Å². The van der Waals surface area contributed by atoms with Crippen molar-refractivity contribution in [2.24, 2.45) is 11.8 Å². The summed E-state index contributed by atoms with van der Waals surface area (Å²) in [7, 11) is 0. The Morgan fingerprint density at radius 1 is 1.26 bits per heavy atom. The number of piperidine rings is 1. The van der Waals surface area contributed by atoms with E-state index in [-0.39, 0.29) is 36.1 Å². The largest absolute Gasteiger partial charge is 0.349 e. The van der Waals surface area contributed by atoms with E-state index in [1.165, 1.54) is 18.6 Å². The third kappa shape index (κ3) is 4.45. The number of hydrogen-bond donors (Lipinski definition) is 2. The highest BCUT2D eigenvalue weighted by atomic mass is 35.5. The standard InChI is InChI=1S/C18H25FN2O.ClH/c1-12-11-15(9-10-20-12)18(22)21-17(13-3-2-4-13)14-5-7-16(19)8-6-14;/h5-8,12-13,15,17,20H,2-4,9-11H2,1H3,(H,21,22);1H/t12-,15-,17?;/m0./s1. The Hall–Kier alpha value is -1.13. The smallest absolute Gasteiger partial charge is 0.223 e. The summed E-state index contributed by atoms with van der Waals surface area (Å²) in [6.07, 6.45) is 5.31. The molecule has 1 aromatic carbocycles. The molecule has 1 saturated carbocycles. The third-order valence-electron chi connectivity index (χ3n) is 5.14. The Balaban J connectivity index is 0.00000192. The van der Waals surface area contributed by atoms with Crippen LogP contribution in [-0.2, 0) is 4.79 Å². The van der Waals surface area contributed by atoms with E-state index in [1.807, 2.05) is 12.1 Å². The molecule has 1 aliphatic heterocycles. The fraction of sp³-hybridized carbons (Fsp3) is 0.611. The van der Waals surface area contributed by atoms with Gasteiger partial charge < -0.3 is 10.6 Å². The Bertz CT molecular complexity index is 518. The summed E-state index contributed by atoms with van der Waals surface area (Å²) in [5.41, 5.74) is 1.03. The Morgan fingerprint density at radius 3 is 2.52 bits per heavy atom. The van der Waals surface area contributed by atoms with E-state index >= 15 is 0 Å². The summed E-state index contributed by atoms with van der Waals surface area (Å²) in [5.74, 6) is 0.525. The molecule has 1 heterocycles. The van der Waals surface area contributed by atoms with Crippen molar-refractivity contribution in [3.05, 3.63) is 35.6 Å². The maximum Gasteiger partial charge on any atom is 0.223 e. The van der Waals surface area contributed by atoms with Gasteiger partial charge in [-0.05, 0) is 62.8 Å². The van der Waals surface area contributed by atoms with Crippen molar-refractivity contribution < 1.29 is 9.18 Å². The number of hydrogen-bond acceptors (Lipinski definition) is 2. The van der Waals surface area contributed by atoms with Gasteiger partial charge in [-0.3, -0.25) is 4.79 Å².